The van der Waals surface area contributed by atoms with Crippen molar-refractivity contribution < 1.29 is 18.0 Å². The Bertz CT molecular complexity index is 230. The molecule has 1 aliphatic heterocycles. The molecule has 1 fully saturated rings. The molecule has 0 saturated carbocycles. The van der Waals surface area contributed by atoms with Crippen LogP contribution in [0.15, 0.2) is 0 Å². The van der Waals surface area contributed by atoms with Crippen molar-refractivity contribution in [2.45, 2.75) is 38.5 Å². The van der Waals surface area contributed by atoms with E-state index in [4.69, 9.17) is 0 Å². The molecule has 15 heavy (non-hydrogen) atoms. The molecule has 0 spiro atoms. The molecule has 3 nitrogen and oxygen atoms in total. The number of nitrogens with zero attached hydrogens (tertiary/aromatic N) is 1. The van der Waals surface area contributed by atoms with Crippen molar-refractivity contribution in [1.29, 1.82) is 0 Å². The van der Waals surface area contributed by atoms with Crippen LogP contribution < -0.4 is 5.32 Å². The summed E-state index contributed by atoms with van der Waals surface area (Å²) >= 11 is 0. The van der Waals surface area contributed by atoms with E-state index in [1.165, 1.54) is 0 Å². The van der Waals surface area contributed by atoms with Gasteiger partial charge in [-0.3, -0.25) is 10.1 Å². The molecule has 1 rings (SSSR count). The molecule has 0 aliphatic carbocycles. The Morgan fingerprint density at radius 1 is 1.47 bits per heavy atom. The second-order valence-corrected chi connectivity index (χ2v) is 3.72. The van der Waals surface area contributed by atoms with E-state index in [-0.39, 0.29) is 18.5 Å². The van der Waals surface area contributed by atoms with E-state index >= 15 is 0 Å². The summed E-state index contributed by atoms with van der Waals surface area (Å²) in [6, 6.07) is 0. The highest BCUT2D eigenvalue weighted by molar-refractivity contribution is 5.80. The zero-order valence-corrected chi connectivity index (χ0v) is 8.60. The summed E-state index contributed by atoms with van der Waals surface area (Å²) in [5, 5.41) is 2.93. The molecule has 1 unspecified atom stereocenters. The van der Waals surface area contributed by atoms with Gasteiger partial charge in [-0.05, 0) is 19.8 Å². The van der Waals surface area contributed by atoms with E-state index in [0.717, 1.165) is 0 Å². The lowest BCUT2D eigenvalue weighted by Crippen LogP contribution is -2.35. The Morgan fingerprint density at radius 2 is 2.13 bits per heavy atom. The molecule has 1 atom stereocenters. The minimum atomic E-state index is -4.08. The first-order valence-corrected chi connectivity index (χ1v) is 5.00. The van der Waals surface area contributed by atoms with Gasteiger partial charge >= 0.3 is 6.18 Å². The SMILES string of the molecule is CC1NCC(=O)N1CCCCC(F)(F)F. The third kappa shape index (κ3) is 4.07. The molecule has 1 aliphatic rings. The van der Waals surface area contributed by atoms with Gasteiger partial charge in [0.1, 0.15) is 0 Å². The minimum Gasteiger partial charge on any atom is -0.326 e. The smallest absolute Gasteiger partial charge is 0.326 e. The summed E-state index contributed by atoms with van der Waals surface area (Å²) in [7, 11) is 0. The number of rotatable bonds is 4. The number of halogens is 3. The molecule has 0 aromatic carbocycles. The second-order valence-electron chi connectivity index (χ2n) is 3.72. The summed E-state index contributed by atoms with van der Waals surface area (Å²) in [5.41, 5.74) is 0. The zero-order valence-electron chi connectivity index (χ0n) is 8.60. The van der Waals surface area contributed by atoms with Crippen LogP contribution in [0.25, 0.3) is 0 Å². The van der Waals surface area contributed by atoms with Crippen LogP contribution in [0.5, 0.6) is 0 Å². The molecular formula is C9H15F3N2O. The minimum absolute atomic E-state index is 0.0329. The lowest BCUT2D eigenvalue weighted by Gasteiger charge is -2.20. The normalized spacial score (nSPS) is 22.5. The molecule has 1 saturated heterocycles. The van der Waals surface area contributed by atoms with Crippen LogP contribution in [0, 0.1) is 0 Å². The monoisotopic (exact) mass is 224 g/mol. The Kier molecular flexibility index (Phi) is 3.96. The standard InChI is InChI=1S/C9H15F3N2O/c1-7-13-6-8(15)14(7)5-3-2-4-9(10,11)12/h7,13H,2-6H2,1H3. The Morgan fingerprint density at radius 3 is 2.60 bits per heavy atom. The molecule has 0 bridgehead atoms. The average molecular weight is 224 g/mol. The predicted molar refractivity (Wildman–Crippen MR) is 49.1 cm³/mol. The molecule has 0 aromatic heterocycles. The van der Waals surface area contributed by atoms with Gasteiger partial charge in [-0.15, -0.1) is 0 Å². The maximum atomic E-state index is 11.8. The number of alkyl halides is 3. The Balaban J connectivity index is 2.17. The molecule has 88 valence electrons. The van der Waals surface area contributed by atoms with Crippen molar-refractivity contribution in [3.05, 3.63) is 0 Å². The van der Waals surface area contributed by atoms with Crippen LogP contribution in [0.3, 0.4) is 0 Å². The molecule has 6 heteroatoms. The quantitative estimate of drug-likeness (QED) is 0.734. The van der Waals surface area contributed by atoms with E-state index < -0.39 is 12.6 Å². The Hall–Kier alpha value is -0.780. The third-order valence-corrected chi connectivity index (χ3v) is 2.45. The summed E-state index contributed by atoms with van der Waals surface area (Å²) in [6.45, 7) is 2.53. The van der Waals surface area contributed by atoms with Gasteiger partial charge in [-0.1, -0.05) is 0 Å². The molecule has 0 radical (unpaired) electrons. The van der Waals surface area contributed by atoms with Crippen molar-refractivity contribution in [3.63, 3.8) is 0 Å². The summed E-state index contributed by atoms with van der Waals surface area (Å²) < 4.78 is 35.5. The van der Waals surface area contributed by atoms with Crippen LogP contribution in [-0.4, -0.2) is 36.2 Å². The molecule has 1 heterocycles. The van der Waals surface area contributed by atoms with Gasteiger partial charge in [-0.2, -0.15) is 13.2 Å². The van der Waals surface area contributed by atoms with Crippen molar-refractivity contribution in [1.82, 2.24) is 10.2 Å². The van der Waals surface area contributed by atoms with Crippen LogP contribution in [-0.2, 0) is 4.79 Å². The zero-order chi connectivity index (χ0) is 11.5. The van der Waals surface area contributed by atoms with Gasteiger partial charge in [0.25, 0.3) is 0 Å². The molecular weight excluding hydrogens is 209 g/mol. The van der Waals surface area contributed by atoms with Crippen molar-refractivity contribution >= 4 is 5.91 Å². The maximum Gasteiger partial charge on any atom is 0.389 e. The van der Waals surface area contributed by atoms with E-state index in [1.807, 2.05) is 6.92 Å². The van der Waals surface area contributed by atoms with Crippen molar-refractivity contribution in [3.8, 4) is 0 Å². The molecule has 0 aromatic rings. The van der Waals surface area contributed by atoms with Crippen LogP contribution in [0.2, 0.25) is 0 Å². The number of unbranched alkanes of at least 4 members (excludes halogenated alkanes) is 1. The average Bonchev–Trinajstić information content (AvgIpc) is 2.40. The first-order valence-electron chi connectivity index (χ1n) is 5.00. The van der Waals surface area contributed by atoms with Gasteiger partial charge in [0.05, 0.1) is 12.7 Å². The maximum absolute atomic E-state index is 11.8. The van der Waals surface area contributed by atoms with Gasteiger partial charge in [0.15, 0.2) is 0 Å². The topological polar surface area (TPSA) is 32.3 Å². The predicted octanol–water partition coefficient (Wildman–Crippen LogP) is 1.50. The number of amides is 1. The van der Waals surface area contributed by atoms with E-state index in [2.05, 4.69) is 5.32 Å². The van der Waals surface area contributed by atoms with E-state index in [1.54, 1.807) is 4.90 Å². The number of carbonyl (C=O) groups is 1. The summed E-state index contributed by atoms with van der Waals surface area (Å²) in [6.07, 6.45) is -4.42. The summed E-state index contributed by atoms with van der Waals surface area (Å²) in [4.78, 5) is 12.8. The van der Waals surface area contributed by atoms with Gasteiger partial charge in [0.2, 0.25) is 5.91 Å². The number of hydrogen-bond acceptors (Lipinski definition) is 2. The first-order chi connectivity index (χ1) is 6.90. The number of carbonyl (C=O) groups excluding carboxylic acids is 1. The van der Waals surface area contributed by atoms with Gasteiger partial charge in [0, 0.05) is 13.0 Å². The lowest BCUT2D eigenvalue weighted by atomic mass is 10.2. The van der Waals surface area contributed by atoms with Gasteiger partial charge in [-0.25, -0.2) is 0 Å². The fourth-order valence-electron chi connectivity index (χ4n) is 1.59. The highest BCUT2D eigenvalue weighted by Gasteiger charge is 2.28. The van der Waals surface area contributed by atoms with Crippen LogP contribution >= 0.6 is 0 Å². The first kappa shape index (κ1) is 12.3. The highest BCUT2D eigenvalue weighted by Crippen LogP contribution is 2.22. The number of nitrogens with one attached hydrogen (secondary N) is 1. The summed E-state index contributed by atoms with van der Waals surface area (Å²) in [5.74, 6) is -0.0329. The largest absolute Gasteiger partial charge is 0.389 e. The van der Waals surface area contributed by atoms with Gasteiger partial charge < -0.3 is 4.90 Å². The second kappa shape index (κ2) is 4.83. The third-order valence-electron chi connectivity index (χ3n) is 2.45. The Labute approximate surface area is 86.6 Å². The van der Waals surface area contributed by atoms with Crippen molar-refractivity contribution in [2.75, 3.05) is 13.1 Å². The van der Waals surface area contributed by atoms with E-state index in [0.29, 0.717) is 19.5 Å². The van der Waals surface area contributed by atoms with E-state index in [9.17, 15) is 18.0 Å². The molecule has 1 N–H and O–H groups in total. The van der Waals surface area contributed by atoms with Crippen LogP contribution in [0.4, 0.5) is 13.2 Å². The number of hydrogen-bond donors (Lipinski definition) is 1. The molecule has 1 amide bonds. The van der Waals surface area contributed by atoms with Crippen LogP contribution in [0.1, 0.15) is 26.2 Å². The van der Waals surface area contributed by atoms with Crippen molar-refractivity contribution in [2.24, 2.45) is 0 Å². The highest BCUT2D eigenvalue weighted by atomic mass is 19.4. The fourth-order valence-corrected chi connectivity index (χ4v) is 1.59. The lowest BCUT2D eigenvalue weighted by molar-refractivity contribution is -0.136. The fraction of sp³-hybridized carbons (Fsp3) is 0.889.